The van der Waals surface area contributed by atoms with E-state index in [0.29, 0.717) is 5.75 Å². The fraction of sp³-hybridized carbons (Fsp3) is 0.619. The second kappa shape index (κ2) is 12.2. The number of ether oxygens (including phenoxy) is 1. The number of nitrogens with zero attached hydrogens (tertiary/aromatic N) is 1. The van der Waals surface area contributed by atoms with E-state index in [1.165, 1.54) is 44.1 Å². The molecule has 1 amide bonds. The Morgan fingerprint density at radius 2 is 1.96 bits per heavy atom. The summed E-state index contributed by atoms with van der Waals surface area (Å²) in [5, 5.41) is 6.71. The molecule has 0 atom stereocenters. The zero-order valence-electron chi connectivity index (χ0n) is 16.5. The van der Waals surface area contributed by atoms with Gasteiger partial charge in [0.05, 0.1) is 0 Å². The number of amides is 1. The number of hydrogen-bond donors (Lipinski definition) is 3. The lowest BCUT2D eigenvalue weighted by molar-refractivity contribution is -0.119. The van der Waals surface area contributed by atoms with Crippen LogP contribution in [0.25, 0.3) is 0 Å². The molecule has 1 aliphatic carbocycles. The molecular weight excluding hydrogens is 340 g/mol. The molecular formula is C21H34N4O2. The maximum Gasteiger partial charge on any atom is 0.255 e. The first kappa shape index (κ1) is 21.1. The SMILES string of the molecule is CCNC(=NCCCC1CCCC1)NCCc1ccc(OCC(N)=O)cc1. The summed E-state index contributed by atoms with van der Waals surface area (Å²) in [6.07, 6.45) is 9.03. The second-order valence-electron chi connectivity index (χ2n) is 7.13. The number of rotatable bonds is 11. The van der Waals surface area contributed by atoms with Crippen molar-refractivity contribution >= 4 is 11.9 Å². The van der Waals surface area contributed by atoms with Crippen LogP contribution in [0.4, 0.5) is 0 Å². The van der Waals surface area contributed by atoms with Crippen LogP contribution in [0.1, 0.15) is 51.0 Å². The molecule has 1 saturated carbocycles. The zero-order chi connectivity index (χ0) is 19.3. The summed E-state index contributed by atoms with van der Waals surface area (Å²) in [5.41, 5.74) is 6.27. The number of nitrogens with one attached hydrogen (secondary N) is 2. The molecule has 1 aromatic rings. The second-order valence-corrected chi connectivity index (χ2v) is 7.13. The summed E-state index contributed by atoms with van der Waals surface area (Å²) in [6, 6.07) is 7.73. The van der Waals surface area contributed by atoms with Crippen LogP contribution in [0.3, 0.4) is 0 Å². The van der Waals surface area contributed by atoms with Gasteiger partial charge in [0, 0.05) is 19.6 Å². The van der Waals surface area contributed by atoms with Crippen molar-refractivity contribution in [2.24, 2.45) is 16.6 Å². The third kappa shape index (κ3) is 8.80. The van der Waals surface area contributed by atoms with E-state index in [1.54, 1.807) is 0 Å². The van der Waals surface area contributed by atoms with Crippen molar-refractivity contribution in [2.75, 3.05) is 26.2 Å². The van der Waals surface area contributed by atoms with Crippen LogP contribution in [0.2, 0.25) is 0 Å². The maximum absolute atomic E-state index is 10.7. The van der Waals surface area contributed by atoms with Gasteiger partial charge in [0.15, 0.2) is 12.6 Å². The largest absolute Gasteiger partial charge is 0.484 e. The average molecular weight is 375 g/mol. The molecule has 0 aliphatic heterocycles. The number of nitrogens with two attached hydrogens (primary N) is 1. The van der Waals surface area contributed by atoms with Crippen LogP contribution in [-0.4, -0.2) is 38.1 Å². The number of carbonyl (C=O) groups is 1. The molecule has 1 aliphatic rings. The van der Waals surface area contributed by atoms with E-state index in [4.69, 9.17) is 15.5 Å². The standard InChI is InChI=1S/C21H34N4O2/c1-2-23-21(24-14-5-8-17-6-3-4-7-17)25-15-13-18-9-11-19(12-10-18)27-16-20(22)26/h9-12,17H,2-8,13-16H2,1H3,(H2,22,26)(H2,23,24,25). The summed E-state index contributed by atoms with van der Waals surface area (Å²) in [4.78, 5) is 15.4. The smallest absolute Gasteiger partial charge is 0.255 e. The van der Waals surface area contributed by atoms with Gasteiger partial charge in [0.25, 0.3) is 5.91 Å². The topological polar surface area (TPSA) is 88.7 Å². The van der Waals surface area contributed by atoms with Gasteiger partial charge in [-0.1, -0.05) is 37.8 Å². The van der Waals surface area contributed by atoms with Crippen molar-refractivity contribution in [2.45, 2.75) is 51.9 Å². The van der Waals surface area contributed by atoms with E-state index in [9.17, 15) is 4.79 Å². The van der Waals surface area contributed by atoms with Crippen molar-refractivity contribution in [3.05, 3.63) is 29.8 Å². The summed E-state index contributed by atoms with van der Waals surface area (Å²) < 4.78 is 5.27. The van der Waals surface area contributed by atoms with E-state index < -0.39 is 5.91 Å². The Kier molecular flexibility index (Phi) is 9.52. The van der Waals surface area contributed by atoms with Crippen LogP contribution in [0.15, 0.2) is 29.3 Å². The number of aliphatic imine (C=N–C) groups is 1. The fourth-order valence-electron chi connectivity index (χ4n) is 3.44. The predicted molar refractivity (Wildman–Crippen MR) is 110 cm³/mol. The Balaban J connectivity index is 1.68. The molecule has 0 heterocycles. The van der Waals surface area contributed by atoms with E-state index in [2.05, 4.69) is 17.6 Å². The minimum Gasteiger partial charge on any atom is -0.484 e. The van der Waals surface area contributed by atoms with Gasteiger partial charge in [0.2, 0.25) is 0 Å². The molecule has 0 radical (unpaired) electrons. The third-order valence-corrected chi connectivity index (χ3v) is 4.87. The van der Waals surface area contributed by atoms with Crippen molar-refractivity contribution in [3.8, 4) is 5.75 Å². The fourth-order valence-corrected chi connectivity index (χ4v) is 3.44. The quantitative estimate of drug-likeness (QED) is 0.316. The highest BCUT2D eigenvalue weighted by Gasteiger charge is 2.13. The molecule has 1 aromatic carbocycles. The van der Waals surface area contributed by atoms with E-state index >= 15 is 0 Å². The number of carbonyl (C=O) groups excluding carboxylic acids is 1. The molecule has 2 rings (SSSR count). The number of hydrogen-bond acceptors (Lipinski definition) is 3. The first-order chi connectivity index (χ1) is 13.2. The molecule has 0 unspecified atom stereocenters. The van der Waals surface area contributed by atoms with E-state index in [1.807, 2.05) is 24.3 Å². The van der Waals surface area contributed by atoms with Gasteiger partial charge in [-0.2, -0.15) is 0 Å². The van der Waals surface area contributed by atoms with Crippen LogP contribution in [-0.2, 0) is 11.2 Å². The Hall–Kier alpha value is -2.24. The molecule has 1 fully saturated rings. The highest BCUT2D eigenvalue weighted by atomic mass is 16.5. The van der Waals surface area contributed by atoms with Crippen molar-refractivity contribution in [1.82, 2.24) is 10.6 Å². The molecule has 27 heavy (non-hydrogen) atoms. The molecule has 0 aromatic heterocycles. The minimum absolute atomic E-state index is 0.0931. The third-order valence-electron chi connectivity index (χ3n) is 4.87. The number of primary amides is 1. The van der Waals surface area contributed by atoms with Crippen LogP contribution < -0.4 is 21.1 Å². The Morgan fingerprint density at radius 3 is 2.63 bits per heavy atom. The lowest BCUT2D eigenvalue weighted by atomic mass is 10.0. The van der Waals surface area contributed by atoms with Crippen molar-refractivity contribution < 1.29 is 9.53 Å². The van der Waals surface area contributed by atoms with Gasteiger partial charge < -0.3 is 21.1 Å². The minimum atomic E-state index is -0.471. The summed E-state index contributed by atoms with van der Waals surface area (Å²) in [6.45, 7) is 4.55. The summed E-state index contributed by atoms with van der Waals surface area (Å²) in [7, 11) is 0. The molecule has 0 saturated heterocycles. The number of benzene rings is 1. The highest BCUT2D eigenvalue weighted by Crippen LogP contribution is 2.28. The van der Waals surface area contributed by atoms with Crippen molar-refractivity contribution in [1.29, 1.82) is 0 Å². The van der Waals surface area contributed by atoms with Crippen LogP contribution >= 0.6 is 0 Å². The maximum atomic E-state index is 10.7. The molecule has 6 heteroatoms. The van der Waals surface area contributed by atoms with Gasteiger partial charge in [0.1, 0.15) is 5.75 Å². The molecule has 4 N–H and O–H groups in total. The van der Waals surface area contributed by atoms with Crippen molar-refractivity contribution in [3.63, 3.8) is 0 Å². The monoisotopic (exact) mass is 374 g/mol. The highest BCUT2D eigenvalue weighted by molar-refractivity contribution is 5.79. The van der Waals surface area contributed by atoms with E-state index in [-0.39, 0.29) is 6.61 Å². The van der Waals surface area contributed by atoms with Gasteiger partial charge in [-0.25, -0.2) is 0 Å². The first-order valence-electron chi connectivity index (χ1n) is 10.2. The average Bonchev–Trinajstić information content (AvgIpc) is 3.18. The van der Waals surface area contributed by atoms with Gasteiger partial charge in [-0.3, -0.25) is 9.79 Å². The first-order valence-corrected chi connectivity index (χ1v) is 10.2. The summed E-state index contributed by atoms with van der Waals surface area (Å²) in [5.74, 6) is 2.01. The molecule has 0 spiro atoms. The lowest BCUT2D eigenvalue weighted by Crippen LogP contribution is -2.38. The Morgan fingerprint density at radius 1 is 1.22 bits per heavy atom. The molecule has 150 valence electrons. The van der Waals surface area contributed by atoms with E-state index in [0.717, 1.165) is 37.9 Å². The Bertz CT molecular complexity index is 580. The predicted octanol–water partition coefficient (Wildman–Crippen LogP) is 2.62. The van der Waals surface area contributed by atoms with Crippen LogP contribution in [0.5, 0.6) is 5.75 Å². The summed E-state index contributed by atoms with van der Waals surface area (Å²) >= 11 is 0. The van der Waals surface area contributed by atoms with Gasteiger partial charge >= 0.3 is 0 Å². The zero-order valence-corrected chi connectivity index (χ0v) is 16.5. The van der Waals surface area contributed by atoms with Gasteiger partial charge in [-0.15, -0.1) is 0 Å². The molecule has 0 bridgehead atoms. The molecule has 6 nitrogen and oxygen atoms in total. The normalized spacial score (nSPS) is 14.9. The van der Waals surface area contributed by atoms with Gasteiger partial charge in [-0.05, 0) is 49.8 Å². The Labute approximate surface area is 163 Å². The lowest BCUT2D eigenvalue weighted by Gasteiger charge is -2.12. The van der Waals surface area contributed by atoms with Crippen LogP contribution in [0, 0.1) is 5.92 Å². The number of guanidine groups is 1.